The van der Waals surface area contributed by atoms with Gasteiger partial charge in [0.2, 0.25) is 0 Å². The predicted molar refractivity (Wildman–Crippen MR) is 137 cm³/mol. The number of ketones is 1. The molecule has 0 bridgehead atoms. The molecule has 6 rings (SSSR count). The number of ether oxygens (including phenoxy) is 1. The number of rotatable bonds is 9. The molecule has 1 heterocycles. The van der Waals surface area contributed by atoms with Crippen LogP contribution in [0.3, 0.4) is 0 Å². The van der Waals surface area contributed by atoms with Crippen molar-refractivity contribution in [1.82, 2.24) is 5.32 Å². The zero-order valence-electron chi connectivity index (χ0n) is 20.8. The van der Waals surface area contributed by atoms with Gasteiger partial charge in [0.15, 0.2) is 5.78 Å². The molecule has 192 valence electrons. The number of hydrogen-bond acceptors (Lipinski definition) is 5. The maximum absolute atomic E-state index is 14.8. The van der Waals surface area contributed by atoms with Gasteiger partial charge in [-0.15, -0.1) is 0 Å². The zero-order valence-corrected chi connectivity index (χ0v) is 20.8. The second-order valence-corrected chi connectivity index (χ2v) is 10.7. The first-order chi connectivity index (χ1) is 17.8. The lowest BCUT2D eigenvalue weighted by Gasteiger charge is -2.28. The fraction of sp³-hybridized carbons (Fsp3) is 0.367. The molecular formula is C30H30F2N2O3. The Labute approximate surface area is 215 Å². The molecule has 0 saturated heterocycles. The van der Waals surface area contributed by atoms with Gasteiger partial charge >= 0.3 is 0 Å². The molecule has 1 aliphatic heterocycles. The number of halogens is 2. The van der Waals surface area contributed by atoms with Gasteiger partial charge in [0.05, 0.1) is 6.54 Å². The van der Waals surface area contributed by atoms with Crippen molar-refractivity contribution < 1.29 is 23.4 Å². The van der Waals surface area contributed by atoms with Gasteiger partial charge in [-0.3, -0.25) is 10.1 Å². The third-order valence-corrected chi connectivity index (χ3v) is 8.08. The lowest BCUT2D eigenvalue weighted by atomic mass is 9.95. The quantitative estimate of drug-likeness (QED) is 0.303. The van der Waals surface area contributed by atoms with E-state index in [1.54, 1.807) is 18.2 Å². The van der Waals surface area contributed by atoms with Gasteiger partial charge in [-0.05, 0) is 80.1 Å². The number of aliphatic hydroxyl groups is 1. The summed E-state index contributed by atoms with van der Waals surface area (Å²) in [5.74, 6) is -0.0551. The van der Waals surface area contributed by atoms with Crippen molar-refractivity contribution >= 4 is 11.5 Å². The molecule has 1 atom stereocenters. The lowest BCUT2D eigenvalue weighted by Crippen LogP contribution is -2.35. The van der Waals surface area contributed by atoms with Crippen molar-refractivity contribution in [2.45, 2.75) is 49.8 Å². The standard InChI is InChI=1S/C30H30F2N2O3/c1-19(35)20-2-4-21(5-3-20)30(12-13-30)33-28(36)25-16-23(32)17-26-27(25)34(18-29(26)10-11-29)14-15-37-24-8-6-22(31)7-9-24/h2-9,16-17,28,33,36H,10-15,18H2,1H3. The maximum Gasteiger partial charge on any atom is 0.159 e. The Hall–Kier alpha value is -3.29. The molecule has 3 aliphatic rings. The van der Waals surface area contributed by atoms with Crippen molar-refractivity contribution in [2.24, 2.45) is 0 Å². The Balaban J connectivity index is 1.24. The summed E-state index contributed by atoms with van der Waals surface area (Å²) in [6, 6.07) is 16.5. The van der Waals surface area contributed by atoms with Gasteiger partial charge in [0.1, 0.15) is 30.2 Å². The van der Waals surface area contributed by atoms with E-state index in [0.717, 1.165) is 49.0 Å². The van der Waals surface area contributed by atoms with E-state index in [1.165, 1.54) is 25.1 Å². The van der Waals surface area contributed by atoms with Crippen LogP contribution in [0, 0.1) is 11.6 Å². The smallest absolute Gasteiger partial charge is 0.159 e. The summed E-state index contributed by atoms with van der Waals surface area (Å²) in [4.78, 5) is 13.9. The zero-order chi connectivity index (χ0) is 25.8. The van der Waals surface area contributed by atoms with Crippen LogP contribution < -0.4 is 15.0 Å². The average Bonchev–Trinajstić information content (AvgIpc) is 3.80. The first kappa shape index (κ1) is 24.1. The highest BCUT2D eigenvalue weighted by atomic mass is 19.1. The summed E-state index contributed by atoms with van der Waals surface area (Å²) in [5.41, 5.74) is 3.56. The monoisotopic (exact) mass is 504 g/mol. The Kier molecular flexibility index (Phi) is 5.81. The average molecular weight is 505 g/mol. The van der Waals surface area contributed by atoms with Crippen molar-refractivity contribution in [2.75, 3.05) is 24.6 Å². The Morgan fingerprint density at radius 2 is 1.73 bits per heavy atom. The molecule has 0 aromatic heterocycles. The van der Waals surface area contributed by atoms with Crippen molar-refractivity contribution in [3.8, 4) is 5.75 Å². The first-order valence-electron chi connectivity index (χ1n) is 12.8. The van der Waals surface area contributed by atoms with Crippen LogP contribution in [-0.2, 0) is 11.0 Å². The normalized spacial score (nSPS) is 19.0. The number of nitrogens with one attached hydrogen (secondary N) is 1. The molecular weight excluding hydrogens is 474 g/mol. The van der Waals surface area contributed by atoms with Crippen molar-refractivity contribution in [3.63, 3.8) is 0 Å². The van der Waals surface area contributed by atoms with Gasteiger partial charge in [0.25, 0.3) is 0 Å². The van der Waals surface area contributed by atoms with Crippen LogP contribution in [0.4, 0.5) is 14.5 Å². The molecule has 2 fully saturated rings. The first-order valence-corrected chi connectivity index (χ1v) is 12.8. The molecule has 0 amide bonds. The van der Waals surface area contributed by atoms with E-state index in [9.17, 15) is 18.7 Å². The van der Waals surface area contributed by atoms with Gasteiger partial charge in [0, 0.05) is 34.3 Å². The number of benzene rings is 3. The fourth-order valence-corrected chi connectivity index (χ4v) is 5.69. The highest BCUT2D eigenvalue weighted by Gasteiger charge is 2.53. The molecule has 1 unspecified atom stereocenters. The Morgan fingerprint density at radius 1 is 1.03 bits per heavy atom. The van der Waals surface area contributed by atoms with E-state index < -0.39 is 11.8 Å². The van der Waals surface area contributed by atoms with Crippen LogP contribution >= 0.6 is 0 Å². The van der Waals surface area contributed by atoms with Crippen LogP contribution in [0.1, 0.15) is 65.9 Å². The van der Waals surface area contributed by atoms with Crippen molar-refractivity contribution in [1.29, 1.82) is 0 Å². The number of anilines is 1. The van der Waals surface area contributed by atoms with Crippen molar-refractivity contribution in [3.05, 3.63) is 94.6 Å². The van der Waals surface area contributed by atoms with Crippen LogP contribution in [-0.4, -0.2) is 30.6 Å². The minimum Gasteiger partial charge on any atom is -0.492 e. The van der Waals surface area contributed by atoms with Crippen LogP contribution in [0.5, 0.6) is 5.75 Å². The van der Waals surface area contributed by atoms with Gasteiger partial charge in [-0.25, -0.2) is 8.78 Å². The summed E-state index contributed by atoms with van der Waals surface area (Å²) in [6.07, 6.45) is 2.62. The summed E-state index contributed by atoms with van der Waals surface area (Å²) >= 11 is 0. The van der Waals surface area contributed by atoms with Crippen LogP contribution in [0.2, 0.25) is 0 Å². The molecule has 2 aliphatic carbocycles. The molecule has 2 saturated carbocycles. The number of Topliss-reactive ketones (excluding diaryl/α,β-unsaturated/α-hetero) is 1. The lowest BCUT2D eigenvalue weighted by molar-refractivity contribution is 0.101. The maximum atomic E-state index is 14.8. The van der Waals surface area contributed by atoms with E-state index in [0.29, 0.717) is 30.0 Å². The summed E-state index contributed by atoms with van der Waals surface area (Å²) in [7, 11) is 0. The molecule has 3 aromatic rings. The van der Waals surface area contributed by atoms with E-state index in [4.69, 9.17) is 4.74 Å². The minimum atomic E-state index is -1.06. The number of aliphatic hydroxyl groups excluding tert-OH is 1. The van der Waals surface area contributed by atoms with Gasteiger partial charge in [-0.2, -0.15) is 0 Å². The highest BCUT2D eigenvalue weighted by molar-refractivity contribution is 5.94. The summed E-state index contributed by atoms with van der Waals surface area (Å²) < 4.78 is 33.9. The Morgan fingerprint density at radius 3 is 2.35 bits per heavy atom. The fourth-order valence-electron chi connectivity index (χ4n) is 5.69. The minimum absolute atomic E-state index is 0.0113. The molecule has 37 heavy (non-hydrogen) atoms. The second kappa shape index (κ2) is 8.92. The van der Waals surface area contributed by atoms with E-state index in [-0.39, 0.29) is 22.8 Å². The predicted octanol–water partition coefficient (Wildman–Crippen LogP) is 5.37. The highest BCUT2D eigenvalue weighted by Crippen LogP contribution is 2.58. The molecule has 0 radical (unpaired) electrons. The number of fused-ring (bicyclic) bond motifs is 2. The number of nitrogens with zero attached hydrogens (tertiary/aromatic N) is 1. The summed E-state index contributed by atoms with van der Waals surface area (Å²) in [5, 5.41) is 14.8. The van der Waals surface area contributed by atoms with Gasteiger partial charge < -0.3 is 14.7 Å². The SMILES string of the molecule is CC(=O)c1ccc(C2(NC(O)c3cc(F)cc4c3N(CCOc3ccc(F)cc3)CC43CC3)CC2)cc1. The number of carbonyl (C=O) groups excluding carboxylic acids is 1. The molecule has 5 nitrogen and oxygen atoms in total. The van der Waals surface area contributed by atoms with E-state index >= 15 is 0 Å². The van der Waals surface area contributed by atoms with Gasteiger partial charge in [-0.1, -0.05) is 24.3 Å². The molecule has 7 heteroatoms. The van der Waals surface area contributed by atoms with Crippen LogP contribution in [0.15, 0.2) is 60.7 Å². The number of carbonyl (C=O) groups is 1. The largest absolute Gasteiger partial charge is 0.492 e. The number of hydrogen-bond donors (Lipinski definition) is 2. The molecule has 3 aromatic carbocycles. The third-order valence-electron chi connectivity index (χ3n) is 8.08. The summed E-state index contributed by atoms with van der Waals surface area (Å²) in [6.45, 7) is 3.25. The topological polar surface area (TPSA) is 61.8 Å². The molecule has 2 N–H and O–H groups in total. The van der Waals surface area contributed by atoms with E-state index in [1.807, 2.05) is 24.3 Å². The van der Waals surface area contributed by atoms with Crippen LogP contribution in [0.25, 0.3) is 0 Å². The third kappa shape index (κ3) is 4.51. The second-order valence-electron chi connectivity index (χ2n) is 10.7. The Bertz CT molecular complexity index is 1330. The van der Waals surface area contributed by atoms with E-state index in [2.05, 4.69) is 10.2 Å². The molecule has 1 spiro atoms.